The van der Waals surface area contributed by atoms with Crippen LogP contribution in [0.2, 0.25) is 0 Å². The van der Waals surface area contributed by atoms with Crippen molar-refractivity contribution < 1.29 is 9.53 Å². The predicted octanol–water partition coefficient (Wildman–Crippen LogP) is 2.07. The van der Waals surface area contributed by atoms with E-state index in [4.69, 9.17) is 4.74 Å². The second kappa shape index (κ2) is 5.14. The van der Waals surface area contributed by atoms with Crippen LogP contribution in [0.3, 0.4) is 0 Å². The Morgan fingerprint density at radius 1 is 1.38 bits per heavy atom. The van der Waals surface area contributed by atoms with E-state index in [0.717, 1.165) is 14.7 Å². The van der Waals surface area contributed by atoms with Crippen LogP contribution in [0.25, 0.3) is 0 Å². The monoisotopic (exact) mass is 331 g/mol. The molecule has 1 aliphatic heterocycles. The van der Waals surface area contributed by atoms with Crippen molar-refractivity contribution >= 4 is 28.5 Å². The zero-order valence-corrected chi connectivity index (χ0v) is 11.4. The summed E-state index contributed by atoms with van der Waals surface area (Å²) in [6.07, 6.45) is 0. The number of aryl methyl sites for hydroxylation is 1. The zero-order chi connectivity index (χ0) is 11.5. The summed E-state index contributed by atoms with van der Waals surface area (Å²) < 4.78 is 6.40. The van der Waals surface area contributed by atoms with Gasteiger partial charge in [0.25, 0.3) is 5.91 Å². The van der Waals surface area contributed by atoms with Crippen LogP contribution in [0.15, 0.2) is 18.2 Å². The zero-order valence-electron chi connectivity index (χ0n) is 9.20. The molecule has 0 aliphatic carbocycles. The number of carbonyl (C=O) groups is 1. The molecule has 2 rings (SSSR count). The lowest BCUT2D eigenvalue weighted by atomic mass is 10.1. The van der Waals surface area contributed by atoms with Crippen molar-refractivity contribution in [2.75, 3.05) is 26.3 Å². The molecule has 1 heterocycles. The molecule has 16 heavy (non-hydrogen) atoms. The Morgan fingerprint density at radius 3 is 2.69 bits per heavy atom. The fourth-order valence-electron chi connectivity index (χ4n) is 1.80. The highest BCUT2D eigenvalue weighted by Crippen LogP contribution is 2.15. The molecule has 0 N–H and O–H groups in total. The topological polar surface area (TPSA) is 29.5 Å². The summed E-state index contributed by atoms with van der Waals surface area (Å²) in [5.74, 6) is 0.122. The Labute approximate surface area is 109 Å². The quantitative estimate of drug-likeness (QED) is 0.738. The van der Waals surface area contributed by atoms with Crippen molar-refractivity contribution in [3.05, 3.63) is 32.9 Å². The van der Waals surface area contributed by atoms with Gasteiger partial charge in [0.1, 0.15) is 0 Å². The number of morpholine rings is 1. The lowest BCUT2D eigenvalue weighted by molar-refractivity contribution is 0.0302. The molecule has 0 unspecified atom stereocenters. The number of rotatable bonds is 1. The van der Waals surface area contributed by atoms with Gasteiger partial charge in [0.15, 0.2) is 0 Å². The molecule has 1 aliphatic rings. The molecule has 1 saturated heterocycles. The molecule has 0 spiro atoms. The fourth-order valence-corrected chi connectivity index (χ4v) is 2.45. The van der Waals surface area contributed by atoms with Crippen molar-refractivity contribution in [1.82, 2.24) is 4.90 Å². The Hall–Kier alpha value is -0.620. The molecule has 1 aromatic carbocycles. The smallest absolute Gasteiger partial charge is 0.254 e. The van der Waals surface area contributed by atoms with Gasteiger partial charge in [-0.25, -0.2) is 0 Å². The molecule has 0 saturated carbocycles. The van der Waals surface area contributed by atoms with E-state index in [-0.39, 0.29) is 5.91 Å². The highest BCUT2D eigenvalue weighted by molar-refractivity contribution is 14.1. The van der Waals surface area contributed by atoms with Crippen LogP contribution in [0.5, 0.6) is 0 Å². The average molecular weight is 331 g/mol. The summed E-state index contributed by atoms with van der Waals surface area (Å²) in [6, 6.07) is 5.92. The molecule has 1 fully saturated rings. The van der Waals surface area contributed by atoms with Gasteiger partial charge in [0.05, 0.1) is 13.2 Å². The van der Waals surface area contributed by atoms with Crippen molar-refractivity contribution in [3.8, 4) is 0 Å². The van der Waals surface area contributed by atoms with Crippen LogP contribution in [0.4, 0.5) is 0 Å². The SMILES string of the molecule is Cc1cc(I)ccc1C(=O)N1CCOCC1. The summed E-state index contributed by atoms with van der Waals surface area (Å²) in [6.45, 7) is 4.68. The fraction of sp³-hybridized carbons (Fsp3) is 0.417. The maximum absolute atomic E-state index is 12.2. The molecule has 3 nitrogen and oxygen atoms in total. The van der Waals surface area contributed by atoms with Crippen LogP contribution in [-0.2, 0) is 4.74 Å². The third-order valence-corrected chi connectivity index (χ3v) is 3.39. The molecule has 86 valence electrons. The number of benzene rings is 1. The van der Waals surface area contributed by atoms with Crippen LogP contribution in [0.1, 0.15) is 15.9 Å². The van der Waals surface area contributed by atoms with Gasteiger partial charge in [-0.2, -0.15) is 0 Å². The van der Waals surface area contributed by atoms with E-state index in [2.05, 4.69) is 22.6 Å². The van der Waals surface area contributed by atoms with Gasteiger partial charge in [-0.1, -0.05) is 0 Å². The molecule has 1 aromatic rings. The van der Waals surface area contributed by atoms with Crippen LogP contribution in [0, 0.1) is 10.5 Å². The maximum Gasteiger partial charge on any atom is 0.254 e. The van der Waals surface area contributed by atoms with Crippen molar-refractivity contribution in [3.63, 3.8) is 0 Å². The van der Waals surface area contributed by atoms with Crippen molar-refractivity contribution in [2.24, 2.45) is 0 Å². The minimum atomic E-state index is 0.122. The van der Waals surface area contributed by atoms with Gasteiger partial charge in [-0.15, -0.1) is 0 Å². The summed E-state index contributed by atoms with van der Waals surface area (Å²) in [7, 11) is 0. The van der Waals surface area contributed by atoms with Crippen LogP contribution >= 0.6 is 22.6 Å². The van der Waals surface area contributed by atoms with E-state index in [9.17, 15) is 4.79 Å². The summed E-state index contributed by atoms with van der Waals surface area (Å²) in [4.78, 5) is 14.1. The van der Waals surface area contributed by atoms with E-state index in [1.165, 1.54) is 0 Å². The summed E-state index contributed by atoms with van der Waals surface area (Å²) in [5, 5.41) is 0. The van der Waals surface area contributed by atoms with E-state index in [1.807, 2.05) is 30.0 Å². The van der Waals surface area contributed by atoms with Crippen LogP contribution < -0.4 is 0 Å². The number of hydrogen-bond acceptors (Lipinski definition) is 2. The molecular weight excluding hydrogens is 317 g/mol. The number of halogens is 1. The van der Waals surface area contributed by atoms with Gasteiger partial charge in [0, 0.05) is 22.2 Å². The highest BCUT2D eigenvalue weighted by Gasteiger charge is 2.19. The van der Waals surface area contributed by atoms with Gasteiger partial charge in [-0.05, 0) is 53.3 Å². The first-order chi connectivity index (χ1) is 7.68. The number of amides is 1. The first-order valence-electron chi connectivity index (χ1n) is 5.31. The molecule has 1 amide bonds. The van der Waals surface area contributed by atoms with Crippen molar-refractivity contribution in [2.45, 2.75) is 6.92 Å². The standard InChI is InChI=1S/C12H14INO2/c1-9-8-10(13)2-3-11(9)12(15)14-4-6-16-7-5-14/h2-3,8H,4-7H2,1H3. The number of ether oxygens (including phenoxy) is 1. The number of nitrogens with zero attached hydrogens (tertiary/aromatic N) is 1. The first-order valence-corrected chi connectivity index (χ1v) is 6.39. The lowest BCUT2D eigenvalue weighted by Crippen LogP contribution is -2.40. The van der Waals surface area contributed by atoms with Crippen molar-refractivity contribution in [1.29, 1.82) is 0 Å². The third kappa shape index (κ3) is 2.55. The van der Waals surface area contributed by atoms with Gasteiger partial charge in [0.2, 0.25) is 0 Å². The molecule has 0 atom stereocenters. The molecule has 0 bridgehead atoms. The van der Waals surface area contributed by atoms with E-state index in [0.29, 0.717) is 26.3 Å². The molecule has 4 heteroatoms. The number of carbonyl (C=O) groups excluding carboxylic acids is 1. The van der Waals surface area contributed by atoms with E-state index < -0.39 is 0 Å². The summed E-state index contributed by atoms with van der Waals surface area (Å²) >= 11 is 2.26. The van der Waals surface area contributed by atoms with Gasteiger partial charge in [-0.3, -0.25) is 4.79 Å². The molecular formula is C12H14INO2. The Balaban J connectivity index is 2.19. The largest absolute Gasteiger partial charge is 0.378 e. The third-order valence-electron chi connectivity index (χ3n) is 2.72. The highest BCUT2D eigenvalue weighted by atomic mass is 127. The predicted molar refractivity (Wildman–Crippen MR) is 70.6 cm³/mol. The normalized spacial score (nSPS) is 16.2. The van der Waals surface area contributed by atoms with Crippen LogP contribution in [-0.4, -0.2) is 37.1 Å². The Morgan fingerprint density at radius 2 is 2.06 bits per heavy atom. The summed E-state index contributed by atoms with van der Waals surface area (Å²) in [5.41, 5.74) is 1.85. The first kappa shape index (κ1) is 11.9. The second-order valence-electron chi connectivity index (χ2n) is 3.86. The Bertz CT molecular complexity index is 400. The molecule has 0 radical (unpaired) electrons. The average Bonchev–Trinajstić information content (AvgIpc) is 2.29. The minimum Gasteiger partial charge on any atom is -0.378 e. The second-order valence-corrected chi connectivity index (χ2v) is 5.11. The van der Waals surface area contributed by atoms with E-state index >= 15 is 0 Å². The minimum absolute atomic E-state index is 0.122. The van der Waals surface area contributed by atoms with Gasteiger partial charge >= 0.3 is 0 Å². The molecule has 0 aromatic heterocycles. The maximum atomic E-state index is 12.2. The van der Waals surface area contributed by atoms with Gasteiger partial charge < -0.3 is 9.64 Å². The Kier molecular flexibility index (Phi) is 3.81. The van der Waals surface area contributed by atoms with E-state index in [1.54, 1.807) is 0 Å². The number of hydrogen-bond donors (Lipinski definition) is 0. The lowest BCUT2D eigenvalue weighted by Gasteiger charge is -2.27.